The minimum Gasteiger partial charge on any atom is -0.410 e. The zero-order chi connectivity index (χ0) is 25.9. The van der Waals surface area contributed by atoms with Crippen molar-refractivity contribution in [1.82, 2.24) is 25.1 Å². The van der Waals surface area contributed by atoms with Crippen LogP contribution in [-0.2, 0) is 11.8 Å². The summed E-state index contributed by atoms with van der Waals surface area (Å²) >= 11 is 5.83. The Balaban J connectivity index is 1.33. The van der Waals surface area contributed by atoms with Gasteiger partial charge in [-0.15, -0.1) is 0 Å². The average Bonchev–Trinajstić information content (AvgIpc) is 3.31. The first-order chi connectivity index (χ1) is 17.9. The van der Waals surface area contributed by atoms with Crippen molar-refractivity contribution < 1.29 is 23.0 Å². The van der Waals surface area contributed by atoms with Gasteiger partial charge in [0.05, 0.1) is 35.4 Å². The molecule has 3 atom stereocenters. The monoisotopic (exact) mass is 528 g/mol. The maximum atomic E-state index is 14.2. The number of nitrogens with one attached hydrogen (secondary N) is 2. The number of hydrogen-bond acceptors (Lipinski definition) is 7. The first-order valence-electron chi connectivity index (χ1n) is 11.5. The number of halogens is 3. The third kappa shape index (κ3) is 5.78. The van der Waals surface area contributed by atoms with E-state index in [2.05, 4.69) is 25.7 Å². The number of amides is 1. The van der Waals surface area contributed by atoms with Gasteiger partial charge in [-0.2, -0.15) is 5.10 Å². The van der Waals surface area contributed by atoms with Crippen molar-refractivity contribution in [2.75, 3.05) is 18.5 Å². The Bertz CT molecular complexity index is 1430. The molecule has 4 aromatic rings. The molecule has 1 saturated heterocycles. The summed E-state index contributed by atoms with van der Waals surface area (Å²) in [6, 6.07) is 8.00. The molecule has 9 nitrogen and oxygen atoms in total. The zero-order valence-electron chi connectivity index (χ0n) is 19.7. The van der Waals surface area contributed by atoms with Crippen molar-refractivity contribution in [3.8, 4) is 5.75 Å². The quantitative estimate of drug-likeness (QED) is 0.378. The van der Waals surface area contributed by atoms with Gasteiger partial charge in [0.15, 0.2) is 0 Å². The van der Waals surface area contributed by atoms with E-state index in [4.69, 9.17) is 21.1 Å². The normalized spacial score (nSPS) is 18.4. The number of fused-ring (bicyclic) bond motifs is 1. The molecule has 0 spiro atoms. The number of hydrogen-bond donors (Lipinski definition) is 2. The molecule has 2 N–H and O–H groups in total. The van der Waals surface area contributed by atoms with E-state index < -0.39 is 30.2 Å². The first-order valence-corrected chi connectivity index (χ1v) is 11.9. The molecule has 3 heterocycles. The van der Waals surface area contributed by atoms with Gasteiger partial charge in [0.2, 0.25) is 5.95 Å². The molecule has 2 aromatic heterocycles. The predicted molar refractivity (Wildman–Crippen MR) is 133 cm³/mol. The lowest BCUT2D eigenvalue weighted by atomic mass is 10.0. The standard InChI is InChI=1S/C25H23ClF2N6O3/c1-34-12-16(11-30-34)23(14-3-5-18(26)19(27)8-14)33-25(35)37-17-4-2-15-10-29-24(32-22(15)9-17)31-21-6-7-36-13-20(21)28/h2-5,8-12,20-21,23H,6-7,13H2,1H3,(H,33,35)(H,29,31,32)/t20-,21+,23-/m0/s1. The second-order valence-corrected chi connectivity index (χ2v) is 9.04. The van der Waals surface area contributed by atoms with Crippen LogP contribution in [0.3, 0.4) is 0 Å². The molecule has 1 aliphatic heterocycles. The summed E-state index contributed by atoms with van der Waals surface area (Å²) in [6.07, 6.45) is 3.46. The highest BCUT2D eigenvalue weighted by molar-refractivity contribution is 6.30. The van der Waals surface area contributed by atoms with Crippen LogP contribution in [0.1, 0.15) is 23.6 Å². The van der Waals surface area contributed by atoms with Crippen molar-refractivity contribution in [3.63, 3.8) is 0 Å². The molecule has 0 saturated carbocycles. The van der Waals surface area contributed by atoms with E-state index in [0.29, 0.717) is 35.1 Å². The smallest absolute Gasteiger partial charge is 0.410 e. The molecule has 1 aliphatic rings. The average molecular weight is 529 g/mol. The van der Waals surface area contributed by atoms with Gasteiger partial charge in [0, 0.05) is 43.1 Å². The number of rotatable bonds is 6. The fraction of sp³-hybridized carbons (Fsp3) is 0.280. The molecule has 0 aliphatic carbocycles. The Hall–Kier alpha value is -3.83. The largest absolute Gasteiger partial charge is 0.413 e. The van der Waals surface area contributed by atoms with E-state index in [1.807, 2.05) is 0 Å². The lowest BCUT2D eigenvalue weighted by molar-refractivity contribution is 0.0284. The number of nitrogens with zero attached hydrogens (tertiary/aromatic N) is 4. The van der Waals surface area contributed by atoms with E-state index >= 15 is 0 Å². The number of aromatic nitrogens is 4. The van der Waals surface area contributed by atoms with Crippen LogP contribution in [0.15, 0.2) is 55.0 Å². The van der Waals surface area contributed by atoms with E-state index in [-0.39, 0.29) is 23.3 Å². The summed E-state index contributed by atoms with van der Waals surface area (Å²) in [7, 11) is 1.73. The van der Waals surface area contributed by atoms with Crippen molar-refractivity contribution in [3.05, 3.63) is 77.0 Å². The summed E-state index contributed by atoms with van der Waals surface area (Å²) < 4.78 is 40.5. The highest BCUT2D eigenvalue weighted by Crippen LogP contribution is 2.26. The molecular weight excluding hydrogens is 506 g/mol. The van der Waals surface area contributed by atoms with Crippen LogP contribution in [-0.4, -0.2) is 51.3 Å². The van der Waals surface area contributed by atoms with Gasteiger partial charge < -0.3 is 20.1 Å². The maximum absolute atomic E-state index is 14.2. The van der Waals surface area contributed by atoms with Gasteiger partial charge in [0.25, 0.3) is 0 Å². The lowest BCUT2D eigenvalue weighted by Gasteiger charge is -2.26. The number of anilines is 1. The van der Waals surface area contributed by atoms with E-state index in [1.54, 1.807) is 54.6 Å². The van der Waals surface area contributed by atoms with Crippen LogP contribution in [0.4, 0.5) is 19.5 Å². The van der Waals surface area contributed by atoms with Gasteiger partial charge >= 0.3 is 6.09 Å². The lowest BCUT2D eigenvalue weighted by Crippen LogP contribution is -2.39. The maximum Gasteiger partial charge on any atom is 0.413 e. The van der Waals surface area contributed by atoms with Crippen molar-refractivity contribution in [2.24, 2.45) is 7.05 Å². The van der Waals surface area contributed by atoms with E-state index in [0.717, 1.165) is 0 Å². The van der Waals surface area contributed by atoms with Gasteiger partial charge in [-0.3, -0.25) is 4.68 Å². The molecule has 12 heteroatoms. The topological polar surface area (TPSA) is 103 Å². The van der Waals surface area contributed by atoms with Crippen LogP contribution in [0, 0.1) is 5.82 Å². The highest BCUT2D eigenvalue weighted by Gasteiger charge is 2.26. The molecule has 0 radical (unpaired) electrons. The molecule has 192 valence electrons. The van der Waals surface area contributed by atoms with Gasteiger partial charge in [0.1, 0.15) is 17.7 Å². The number of benzene rings is 2. The number of ether oxygens (including phenoxy) is 2. The molecule has 5 rings (SSSR count). The number of alkyl halides is 1. The predicted octanol–water partition coefficient (Wildman–Crippen LogP) is 4.57. The Labute approximate surface area is 215 Å². The molecule has 1 fully saturated rings. The van der Waals surface area contributed by atoms with E-state index in [9.17, 15) is 13.6 Å². The van der Waals surface area contributed by atoms with Crippen molar-refractivity contribution in [2.45, 2.75) is 24.7 Å². The number of carbonyl (C=O) groups is 1. The molecule has 0 bridgehead atoms. The van der Waals surface area contributed by atoms with Crippen molar-refractivity contribution in [1.29, 1.82) is 0 Å². The van der Waals surface area contributed by atoms with E-state index in [1.165, 1.54) is 12.1 Å². The zero-order valence-corrected chi connectivity index (χ0v) is 20.5. The Kier molecular flexibility index (Phi) is 7.15. The summed E-state index contributed by atoms with van der Waals surface area (Å²) in [5.41, 5.74) is 1.60. The van der Waals surface area contributed by atoms with Crippen LogP contribution in [0.25, 0.3) is 10.9 Å². The Morgan fingerprint density at radius 1 is 1.24 bits per heavy atom. The Morgan fingerprint density at radius 2 is 2.11 bits per heavy atom. The highest BCUT2D eigenvalue weighted by atomic mass is 35.5. The van der Waals surface area contributed by atoms with Crippen LogP contribution >= 0.6 is 11.6 Å². The Morgan fingerprint density at radius 3 is 2.86 bits per heavy atom. The molecule has 2 aromatic carbocycles. The second-order valence-electron chi connectivity index (χ2n) is 8.63. The second kappa shape index (κ2) is 10.7. The van der Waals surface area contributed by atoms with Gasteiger partial charge in [-0.25, -0.2) is 23.5 Å². The minimum atomic E-state index is -1.16. The van der Waals surface area contributed by atoms with Crippen LogP contribution in [0.2, 0.25) is 5.02 Å². The van der Waals surface area contributed by atoms with Crippen molar-refractivity contribution >= 4 is 34.5 Å². The number of carbonyl (C=O) groups excluding carboxylic acids is 1. The third-order valence-corrected chi connectivity index (χ3v) is 6.27. The summed E-state index contributed by atoms with van der Waals surface area (Å²) in [5.74, 6) is -0.108. The molecule has 37 heavy (non-hydrogen) atoms. The van der Waals surface area contributed by atoms with Gasteiger partial charge in [-0.1, -0.05) is 17.7 Å². The summed E-state index contributed by atoms with van der Waals surface area (Å²) in [4.78, 5) is 21.5. The number of aryl methyl sites for hydroxylation is 1. The van der Waals surface area contributed by atoms with Crippen LogP contribution in [0.5, 0.6) is 5.75 Å². The fourth-order valence-corrected chi connectivity index (χ4v) is 4.18. The van der Waals surface area contributed by atoms with Crippen LogP contribution < -0.4 is 15.4 Å². The summed E-state index contributed by atoms with van der Waals surface area (Å²) in [5, 5.41) is 10.6. The molecule has 1 amide bonds. The molecular formula is C25H23ClF2N6O3. The third-order valence-electron chi connectivity index (χ3n) is 5.96. The summed E-state index contributed by atoms with van der Waals surface area (Å²) in [6.45, 7) is 0.489. The fourth-order valence-electron chi connectivity index (χ4n) is 4.06. The minimum absolute atomic E-state index is 0.0258. The van der Waals surface area contributed by atoms with Gasteiger partial charge in [-0.05, 0) is 36.2 Å². The molecule has 0 unspecified atom stereocenters. The first kappa shape index (κ1) is 24.8. The SMILES string of the molecule is Cn1cc([C@@H](NC(=O)Oc2ccc3cnc(N[C@@H]4CCOC[C@@H]4F)nc3c2)c2ccc(Cl)c(F)c2)cn1.